The molecule has 0 aromatic heterocycles. The van der Waals surface area contributed by atoms with E-state index in [1.807, 2.05) is 37.3 Å². The molecule has 0 fully saturated rings. The van der Waals surface area contributed by atoms with Crippen LogP contribution in [0, 0.1) is 18.3 Å². The first-order valence-electron chi connectivity index (χ1n) is 10.2. The highest BCUT2D eigenvalue weighted by molar-refractivity contribution is 5.80. The Morgan fingerprint density at radius 1 is 1.07 bits per heavy atom. The number of carbonyl (C=O) groups excluding carboxylic acids is 1. The van der Waals surface area contributed by atoms with Crippen molar-refractivity contribution in [1.82, 2.24) is 5.32 Å². The standard InChI is InChI=1S/C25H29NO4/c1-3-19(18-30-4-2)16-23(26-24(27)14-15-25(28)29)17-20-10-12-22(13-11-20)21-8-6-5-7-9-21/h1,5-13,19,23H,4,14-18H2,2H3,(H,26,27)(H,28,29)/t19-,23?/m1/s1. The third kappa shape index (κ3) is 8.10. The predicted octanol–water partition coefficient (Wildman–Crippen LogP) is 3.92. The number of carboxylic acid groups (broad SMARTS) is 1. The summed E-state index contributed by atoms with van der Waals surface area (Å²) >= 11 is 0. The number of terminal acetylenes is 1. The molecule has 1 amide bonds. The fourth-order valence-electron chi connectivity index (χ4n) is 3.25. The van der Waals surface area contributed by atoms with Crippen LogP contribution in [-0.4, -0.2) is 36.2 Å². The number of carbonyl (C=O) groups is 2. The molecule has 30 heavy (non-hydrogen) atoms. The van der Waals surface area contributed by atoms with Crippen LogP contribution in [0.2, 0.25) is 0 Å². The van der Waals surface area contributed by atoms with Crippen LogP contribution in [0.3, 0.4) is 0 Å². The number of benzene rings is 2. The summed E-state index contributed by atoms with van der Waals surface area (Å²) < 4.78 is 5.45. The van der Waals surface area contributed by atoms with Crippen LogP contribution < -0.4 is 5.32 Å². The van der Waals surface area contributed by atoms with Gasteiger partial charge in [0.2, 0.25) is 5.91 Å². The number of aliphatic carboxylic acids is 1. The highest BCUT2D eigenvalue weighted by Crippen LogP contribution is 2.20. The molecule has 1 unspecified atom stereocenters. The fraction of sp³-hybridized carbons (Fsp3) is 0.360. The van der Waals surface area contributed by atoms with E-state index in [4.69, 9.17) is 16.3 Å². The minimum Gasteiger partial charge on any atom is -0.481 e. The van der Waals surface area contributed by atoms with Crippen molar-refractivity contribution in [3.05, 3.63) is 60.2 Å². The molecule has 2 atom stereocenters. The van der Waals surface area contributed by atoms with E-state index in [1.54, 1.807) is 0 Å². The Kier molecular flexibility index (Phi) is 9.63. The Labute approximate surface area is 178 Å². The van der Waals surface area contributed by atoms with Gasteiger partial charge in [0.25, 0.3) is 0 Å². The van der Waals surface area contributed by atoms with E-state index in [0.717, 1.165) is 16.7 Å². The first-order chi connectivity index (χ1) is 14.5. The van der Waals surface area contributed by atoms with Crippen LogP contribution in [0.1, 0.15) is 31.7 Å². The largest absolute Gasteiger partial charge is 0.481 e. The lowest BCUT2D eigenvalue weighted by Gasteiger charge is -2.22. The van der Waals surface area contributed by atoms with Crippen LogP contribution in [-0.2, 0) is 20.7 Å². The Balaban J connectivity index is 2.07. The maximum Gasteiger partial charge on any atom is 0.303 e. The summed E-state index contributed by atoms with van der Waals surface area (Å²) in [4.78, 5) is 23.0. The zero-order valence-corrected chi connectivity index (χ0v) is 17.3. The van der Waals surface area contributed by atoms with Crippen molar-refractivity contribution in [3.63, 3.8) is 0 Å². The van der Waals surface area contributed by atoms with Gasteiger partial charge in [-0.15, -0.1) is 12.3 Å². The molecule has 2 rings (SSSR count). The first-order valence-corrected chi connectivity index (χ1v) is 10.2. The number of carboxylic acids is 1. The highest BCUT2D eigenvalue weighted by Gasteiger charge is 2.19. The summed E-state index contributed by atoms with van der Waals surface area (Å²) in [5.41, 5.74) is 3.34. The normalized spacial score (nSPS) is 12.5. The van der Waals surface area contributed by atoms with Crippen molar-refractivity contribution in [2.45, 2.75) is 38.6 Å². The molecular weight excluding hydrogens is 378 g/mol. The van der Waals surface area contributed by atoms with E-state index < -0.39 is 5.97 Å². The molecule has 158 valence electrons. The number of amides is 1. The Morgan fingerprint density at radius 2 is 1.73 bits per heavy atom. The van der Waals surface area contributed by atoms with Gasteiger partial charge in [-0.05, 0) is 36.5 Å². The van der Waals surface area contributed by atoms with Gasteiger partial charge >= 0.3 is 5.97 Å². The van der Waals surface area contributed by atoms with Crippen molar-refractivity contribution in [2.24, 2.45) is 5.92 Å². The summed E-state index contributed by atoms with van der Waals surface area (Å²) in [5.74, 6) is 1.34. The molecule has 0 spiro atoms. The second-order valence-corrected chi connectivity index (χ2v) is 7.18. The third-order valence-electron chi connectivity index (χ3n) is 4.80. The minimum atomic E-state index is -0.990. The second kappa shape index (κ2) is 12.5. The van der Waals surface area contributed by atoms with Crippen molar-refractivity contribution < 1.29 is 19.4 Å². The van der Waals surface area contributed by atoms with E-state index in [1.165, 1.54) is 0 Å². The van der Waals surface area contributed by atoms with Crippen LogP contribution >= 0.6 is 0 Å². The molecule has 0 aliphatic carbocycles. The van der Waals surface area contributed by atoms with Gasteiger partial charge < -0.3 is 15.2 Å². The average Bonchev–Trinajstić information content (AvgIpc) is 2.76. The number of ether oxygens (including phenoxy) is 1. The number of rotatable bonds is 12. The van der Waals surface area contributed by atoms with Gasteiger partial charge in [0.1, 0.15) is 0 Å². The van der Waals surface area contributed by atoms with Gasteiger partial charge in [0.05, 0.1) is 13.0 Å². The van der Waals surface area contributed by atoms with Gasteiger partial charge in [-0.3, -0.25) is 9.59 Å². The summed E-state index contributed by atoms with van der Waals surface area (Å²) in [6, 6.07) is 18.1. The number of hydrogen-bond donors (Lipinski definition) is 2. The van der Waals surface area contributed by atoms with Crippen molar-refractivity contribution in [3.8, 4) is 23.5 Å². The first kappa shape index (κ1) is 23.2. The summed E-state index contributed by atoms with van der Waals surface area (Å²) in [7, 11) is 0. The zero-order chi connectivity index (χ0) is 21.8. The van der Waals surface area contributed by atoms with Crippen molar-refractivity contribution in [1.29, 1.82) is 0 Å². The molecule has 0 radical (unpaired) electrons. The lowest BCUT2D eigenvalue weighted by molar-refractivity contribution is -0.138. The molecule has 0 aliphatic heterocycles. The van der Waals surface area contributed by atoms with Crippen LogP contribution in [0.15, 0.2) is 54.6 Å². The molecule has 0 aliphatic rings. The second-order valence-electron chi connectivity index (χ2n) is 7.18. The van der Waals surface area contributed by atoms with E-state index in [9.17, 15) is 9.59 Å². The van der Waals surface area contributed by atoms with E-state index in [0.29, 0.717) is 26.1 Å². The SMILES string of the molecule is C#C[C@@H](COCC)CC(Cc1ccc(-c2ccccc2)cc1)NC(=O)CCC(=O)O. The predicted molar refractivity (Wildman–Crippen MR) is 118 cm³/mol. The van der Waals surface area contributed by atoms with Crippen molar-refractivity contribution >= 4 is 11.9 Å². The maximum atomic E-state index is 12.2. The summed E-state index contributed by atoms with van der Waals surface area (Å²) in [5, 5.41) is 11.8. The third-order valence-corrected chi connectivity index (χ3v) is 4.80. The van der Waals surface area contributed by atoms with E-state index in [-0.39, 0.29) is 30.7 Å². The van der Waals surface area contributed by atoms with Crippen LogP contribution in [0.5, 0.6) is 0 Å². The molecule has 5 heteroatoms. The lowest BCUT2D eigenvalue weighted by atomic mass is 9.94. The number of nitrogens with one attached hydrogen (secondary N) is 1. The molecule has 2 aromatic carbocycles. The molecule has 2 N–H and O–H groups in total. The molecule has 0 bridgehead atoms. The molecule has 0 heterocycles. The summed E-state index contributed by atoms with van der Waals surface area (Å²) in [6.07, 6.45) is 6.58. The van der Waals surface area contributed by atoms with Crippen LogP contribution in [0.25, 0.3) is 11.1 Å². The fourth-order valence-corrected chi connectivity index (χ4v) is 3.25. The highest BCUT2D eigenvalue weighted by atomic mass is 16.5. The minimum absolute atomic E-state index is 0.0506. The number of hydrogen-bond acceptors (Lipinski definition) is 3. The van der Waals surface area contributed by atoms with Crippen LogP contribution in [0.4, 0.5) is 0 Å². The lowest BCUT2D eigenvalue weighted by Crippen LogP contribution is -2.38. The quantitative estimate of drug-likeness (QED) is 0.523. The van der Waals surface area contributed by atoms with Gasteiger partial charge in [0.15, 0.2) is 0 Å². The van der Waals surface area contributed by atoms with Gasteiger partial charge in [-0.1, -0.05) is 54.6 Å². The van der Waals surface area contributed by atoms with Gasteiger partial charge in [-0.2, -0.15) is 0 Å². The Bertz CT molecular complexity index is 840. The molecule has 5 nitrogen and oxygen atoms in total. The molecule has 0 saturated carbocycles. The van der Waals surface area contributed by atoms with E-state index >= 15 is 0 Å². The smallest absolute Gasteiger partial charge is 0.303 e. The summed E-state index contributed by atoms with van der Waals surface area (Å²) in [6.45, 7) is 2.92. The topological polar surface area (TPSA) is 75.6 Å². The molecule has 2 aromatic rings. The van der Waals surface area contributed by atoms with Crippen molar-refractivity contribution in [2.75, 3.05) is 13.2 Å². The average molecular weight is 408 g/mol. The Morgan fingerprint density at radius 3 is 2.33 bits per heavy atom. The zero-order valence-electron chi connectivity index (χ0n) is 17.3. The monoisotopic (exact) mass is 407 g/mol. The van der Waals surface area contributed by atoms with E-state index in [2.05, 4.69) is 35.5 Å². The molecular formula is C25H29NO4. The maximum absolute atomic E-state index is 12.2. The molecule has 0 saturated heterocycles. The Hall–Kier alpha value is -3.10. The van der Waals surface area contributed by atoms with Gasteiger partial charge in [0, 0.05) is 25.0 Å². The van der Waals surface area contributed by atoms with Gasteiger partial charge in [-0.25, -0.2) is 0 Å².